The molecule has 0 bridgehead atoms. The molecule has 0 atom stereocenters. The van der Waals surface area contributed by atoms with Gasteiger partial charge in [0.1, 0.15) is 6.09 Å². The van der Waals surface area contributed by atoms with Crippen molar-refractivity contribution in [3.8, 4) is 0 Å². The molecule has 0 aromatic rings. The minimum absolute atomic E-state index is 0.582. The lowest BCUT2D eigenvalue weighted by Gasteiger charge is -2.33. The maximum Gasteiger partial charge on any atom is 0.137 e. The van der Waals surface area contributed by atoms with Gasteiger partial charge in [-0.15, -0.1) is 0 Å². The fourth-order valence-electron chi connectivity index (χ4n) is 0.989. The molecule has 0 spiro atoms. The molecule has 0 unspecified atom stereocenters. The van der Waals surface area contributed by atoms with Crippen LogP contribution in [-0.4, -0.2) is 49.1 Å². The summed E-state index contributed by atoms with van der Waals surface area (Å²) in [5.74, 6) is 0. The lowest BCUT2D eigenvalue weighted by Crippen LogP contribution is -2.51. The van der Waals surface area contributed by atoms with Gasteiger partial charge in [0.15, 0.2) is 0 Å². The van der Waals surface area contributed by atoms with Gasteiger partial charge < -0.3 is 19.7 Å². The number of piperazine rings is 1. The van der Waals surface area contributed by atoms with Gasteiger partial charge in [-0.1, -0.05) is 0 Å². The number of hydrogen-bond donors (Lipinski definition) is 0. The summed E-state index contributed by atoms with van der Waals surface area (Å²) in [5, 5.41) is 10.3. The van der Waals surface area contributed by atoms with Gasteiger partial charge in [-0.3, -0.25) is 0 Å². The Labute approximate surface area is 60.0 Å². The summed E-state index contributed by atoms with van der Waals surface area (Å²) in [5.41, 5.74) is 0. The lowest BCUT2D eigenvalue weighted by molar-refractivity contribution is -0.266. The van der Waals surface area contributed by atoms with Crippen molar-refractivity contribution in [1.29, 1.82) is 0 Å². The van der Waals surface area contributed by atoms with Gasteiger partial charge in [-0.25, -0.2) is 0 Å². The SMILES string of the molecule is CN1CCN(C(=O)[O-])CC1. The molecule has 1 rings (SSSR count). The van der Waals surface area contributed by atoms with Crippen LogP contribution in [0.3, 0.4) is 0 Å². The van der Waals surface area contributed by atoms with Crippen molar-refractivity contribution < 1.29 is 9.90 Å². The van der Waals surface area contributed by atoms with Gasteiger partial charge in [0.05, 0.1) is 0 Å². The molecule has 58 valence electrons. The topological polar surface area (TPSA) is 46.6 Å². The Morgan fingerprint density at radius 1 is 1.30 bits per heavy atom. The minimum atomic E-state index is -1.05. The summed E-state index contributed by atoms with van der Waals surface area (Å²) in [6, 6.07) is 0. The van der Waals surface area contributed by atoms with Gasteiger partial charge in [-0.2, -0.15) is 0 Å². The summed E-state index contributed by atoms with van der Waals surface area (Å²) in [7, 11) is 1.98. The summed E-state index contributed by atoms with van der Waals surface area (Å²) in [4.78, 5) is 13.7. The minimum Gasteiger partial charge on any atom is -0.530 e. The fourth-order valence-corrected chi connectivity index (χ4v) is 0.989. The van der Waals surface area contributed by atoms with Crippen LogP contribution in [0.2, 0.25) is 0 Å². The molecule has 1 saturated heterocycles. The number of carboxylic acid groups (broad SMARTS) is 1. The normalized spacial score (nSPS) is 21.1. The van der Waals surface area contributed by atoms with Gasteiger partial charge in [0, 0.05) is 26.2 Å². The van der Waals surface area contributed by atoms with Crippen LogP contribution in [0.5, 0.6) is 0 Å². The molecular weight excluding hydrogens is 132 g/mol. The van der Waals surface area contributed by atoms with Gasteiger partial charge in [-0.05, 0) is 7.05 Å². The molecule has 1 aliphatic heterocycles. The molecule has 1 fully saturated rings. The zero-order valence-electron chi connectivity index (χ0n) is 6.04. The van der Waals surface area contributed by atoms with E-state index in [1.807, 2.05) is 7.05 Å². The number of rotatable bonds is 0. The van der Waals surface area contributed by atoms with E-state index in [1.54, 1.807) is 0 Å². The first-order valence-corrected chi connectivity index (χ1v) is 3.34. The Bertz CT molecular complexity index is 130. The van der Waals surface area contributed by atoms with E-state index in [2.05, 4.69) is 4.90 Å². The molecule has 1 amide bonds. The quantitative estimate of drug-likeness (QED) is 0.418. The van der Waals surface area contributed by atoms with E-state index in [0.29, 0.717) is 13.1 Å². The first-order chi connectivity index (χ1) is 4.70. The highest BCUT2D eigenvalue weighted by Gasteiger charge is 2.12. The van der Waals surface area contributed by atoms with Crippen molar-refractivity contribution in [1.82, 2.24) is 9.80 Å². The maximum atomic E-state index is 10.3. The molecule has 1 heterocycles. The number of amides is 1. The predicted molar refractivity (Wildman–Crippen MR) is 34.5 cm³/mol. The van der Waals surface area contributed by atoms with Crippen LogP contribution in [0.15, 0.2) is 0 Å². The van der Waals surface area contributed by atoms with Crippen LogP contribution in [0, 0.1) is 0 Å². The average Bonchev–Trinajstić information content (AvgIpc) is 1.88. The van der Waals surface area contributed by atoms with E-state index in [1.165, 1.54) is 4.90 Å². The standard InChI is InChI=1S/C6H12N2O2/c1-7-2-4-8(5-3-7)6(9)10/h2-5H2,1H3,(H,9,10)/p-1. The van der Waals surface area contributed by atoms with Crippen LogP contribution in [0.4, 0.5) is 4.79 Å². The second-order valence-electron chi connectivity index (χ2n) is 2.56. The molecule has 0 N–H and O–H groups in total. The van der Waals surface area contributed by atoms with Crippen molar-refractivity contribution in [2.45, 2.75) is 0 Å². The van der Waals surface area contributed by atoms with E-state index in [4.69, 9.17) is 0 Å². The molecule has 0 aromatic heterocycles. The zero-order chi connectivity index (χ0) is 7.56. The van der Waals surface area contributed by atoms with Crippen molar-refractivity contribution in [2.24, 2.45) is 0 Å². The van der Waals surface area contributed by atoms with Crippen molar-refractivity contribution >= 4 is 6.09 Å². The summed E-state index contributed by atoms with van der Waals surface area (Å²) < 4.78 is 0. The fraction of sp³-hybridized carbons (Fsp3) is 0.833. The monoisotopic (exact) mass is 143 g/mol. The molecule has 0 aliphatic carbocycles. The summed E-state index contributed by atoms with van der Waals surface area (Å²) >= 11 is 0. The van der Waals surface area contributed by atoms with Gasteiger partial charge in [0.2, 0.25) is 0 Å². The number of hydrogen-bond acceptors (Lipinski definition) is 3. The van der Waals surface area contributed by atoms with E-state index in [9.17, 15) is 9.90 Å². The second kappa shape index (κ2) is 2.88. The highest BCUT2D eigenvalue weighted by atomic mass is 16.4. The highest BCUT2D eigenvalue weighted by molar-refractivity contribution is 5.62. The van der Waals surface area contributed by atoms with E-state index < -0.39 is 6.09 Å². The highest BCUT2D eigenvalue weighted by Crippen LogP contribution is 1.96. The van der Waals surface area contributed by atoms with E-state index in [-0.39, 0.29) is 0 Å². The van der Waals surface area contributed by atoms with Crippen LogP contribution in [0.1, 0.15) is 0 Å². The Balaban J connectivity index is 2.33. The van der Waals surface area contributed by atoms with E-state index in [0.717, 1.165) is 13.1 Å². The average molecular weight is 143 g/mol. The third kappa shape index (κ3) is 1.60. The Kier molecular flexibility index (Phi) is 2.11. The first-order valence-electron chi connectivity index (χ1n) is 3.34. The van der Waals surface area contributed by atoms with Crippen molar-refractivity contribution in [3.05, 3.63) is 0 Å². The number of carbonyl (C=O) groups is 1. The third-order valence-electron chi connectivity index (χ3n) is 1.76. The summed E-state index contributed by atoms with van der Waals surface area (Å²) in [6.07, 6.45) is -1.05. The number of nitrogens with zero attached hydrogens (tertiary/aromatic N) is 2. The molecule has 4 heteroatoms. The Morgan fingerprint density at radius 3 is 2.20 bits per heavy atom. The number of likely N-dealkylation sites (N-methyl/N-ethyl adjacent to an activating group) is 1. The molecule has 0 saturated carbocycles. The Hall–Kier alpha value is -0.770. The molecule has 0 aromatic carbocycles. The summed E-state index contributed by atoms with van der Waals surface area (Å²) in [6.45, 7) is 2.79. The van der Waals surface area contributed by atoms with E-state index >= 15 is 0 Å². The largest absolute Gasteiger partial charge is 0.530 e. The van der Waals surface area contributed by atoms with Crippen LogP contribution in [-0.2, 0) is 0 Å². The zero-order valence-corrected chi connectivity index (χ0v) is 6.04. The molecule has 1 aliphatic rings. The van der Waals surface area contributed by atoms with Crippen LogP contribution in [0.25, 0.3) is 0 Å². The van der Waals surface area contributed by atoms with Gasteiger partial charge in [0.25, 0.3) is 0 Å². The Morgan fingerprint density at radius 2 is 1.80 bits per heavy atom. The smallest absolute Gasteiger partial charge is 0.137 e. The predicted octanol–water partition coefficient (Wildman–Crippen LogP) is -1.42. The number of carbonyl (C=O) groups excluding carboxylic acids is 1. The van der Waals surface area contributed by atoms with Crippen molar-refractivity contribution in [3.63, 3.8) is 0 Å². The van der Waals surface area contributed by atoms with Crippen molar-refractivity contribution in [2.75, 3.05) is 33.2 Å². The van der Waals surface area contributed by atoms with Crippen LogP contribution >= 0.6 is 0 Å². The third-order valence-corrected chi connectivity index (χ3v) is 1.76. The van der Waals surface area contributed by atoms with Crippen LogP contribution < -0.4 is 5.11 Å². The molecular formula is C6H11N2O2-. The maximum absolute atomic E-state index is 10.3. The molecule has 0 radical (unpaired) electrons. The molecule has 4 nitrogen and oxygen atoms in total. The lowest BCUT2D eigenvalue weighted by atomic mass is 10.3. The first kappa shape index (κ1) is 7.34. The molecule has 10 heavy (non-hydrogen) atoms. The second-order valence-corrected chi connectivity index (χ2v) is 2.56. The van der Waals surface area contributed by atoms with Gasteiger partial charge >= 0.3 is 0 Å².